The van der Waals surface area contributed by atoms with E-state index in [4.69, 9.17) is 5.26 Å². The van der Waals surface area contributed by atoms with Gasteiger partial charge < -0.3 is 5.32 Å². The van der Waals surface area contributed by atoms with Crippen LogP contribution in [0.2, 0.25) is 0 Å². The minimum Gasteiger partial charge on any atom is -0.349 e. The Hall–Kier alpha value is -2.25. The first kappa shape index (κ1) is 17.1. The van der Waals surface area contributed by atoms with Gasteiger partial charge in [-0.25, -0.2) is 0 Å². The van der Waals surface area contributed by atoms with Crippen LogP contribution in [-0.2, 0) is 4.79 Å². The Labute approximate surface area is 141 Å². The van der Waals surface area contributed by atoms with Crippen molar-refractivity contribution in [1.29, 1.82) is 5.26 Å². The van der Waals surface area contributed by atoms with Crippen molar-refractivity contribution in [3.63, 3.8) is 0 Å². The molecule has 0 radical (unpaired) electrons. The molecule has 0 fully saturated rings. The van der Waals surface area contributed by atoms with E-state index < -0.39 is 0 Å². The van der Waals surface area contributed by atoms with Gasteiger partial charge in [0, 0.05) is 4.90 Å². The molecule has 1 atom stereocenters. The molecular formula is C19H20N2OS. The quantitative estimate of drug-likeness (QED) is 0.841. The largest absolute Gasteiger partial charge is 0.349 e. The van der Waals surface area contributed by atoms with Crippen molar-refractivity contribution in [3.05, 3.63) is 64.7 Å². The first-order chi connectivity index (χ1) is 11.0. The maximum atomic E-state index is 12.1. The van der Waals surface area contributed by atoms with Crippen molar-refractivity contribution in [3.8, 4) is 6.07 Å². The maximum Gasteiger partial charge on any atom is 0.230 e. The Morgan fingerprint density at radius 2 is 1.91 bits per heavy atom. The number of benzene rings is 2. The summed E-state index contributed by atoms with van der Waals surface area (Å²) in [5, 5.41) is 11.8. The van der Waals surface area contributed by atoms with Crippen molar-refractivity contribution in [2.75, 3.05) is 5.75 Å². The minimum absolute atomic E-state index is 0.00719. The number of carbonyl (C=O) groups excluding carboxylic acids is 1. The standard InChI is InChI=1S/C19H20N2OS/c1-13-4-5-14(2)18(10-13)23-12-19(22)21-15(3)17-8-6-16(11-20)7-9-17/h4-10,15H,12H2,1-3H3,(H,21,22). The Bertz CT molecular complexity index is 732. The number of thioether (sulfide) groups is 1. The Balaban J connectivity index is 1.91. The lowest BCUT2D eigenvalue weighted by atomic mass is 10.1. The molecule has 2 aromatic rings. The lowest BCUT2D eigenvalue weighted by Crippen LogP contribution is -2.28. The average Bonchev–Trinajstić information content (AvgIpc) is 2.55. The second kappa shape index (κ2) is 7.85. The zero-order valence-corrected chi connectivity index (χ0v) is 14.4. The Morgan fingerprint density at radius 3 is 2.57 bits per heavy atom. The predicted molar refractivity (Wildman–Crippen MR) is 94.4 cm³/mol. The van der Waals surface area contributed by atoms with Gasteiger partial charge in [0.2, 0.25) is 5.91 Å². The number of amides is 1. The Kier molecular flexibility index (Phi) is 5.84. The number of nitrogens with zero attached hydrogens (tertiary/aromatic N) is 1. The summed E-state index contributed by atoms with van der Waals surface area (Å²) < 4.78 is 0. The van der Waals surface area contributed by atoms with E-state index in [0.29, 0.717) is 11.3 Å². The SMILES string of the molecule is Cc1ccc(C)c(SCC(=O)NC(C)c2ccc(C#N)cc2)c1. The van der Waals surface area contributed by atoms with E-state index in [1.54, 1.807) is 23.9 Å². The maximum absolute atomic E-state index is 12.1. The summed E-state index contributed by atoms with van der Waals surface area (Å²) in [5.74, 6) is 0.401. The molecule has 0 aromatic heterocycles. The van der Waals surface area contributed by atoms with E-state index in [1.165, 1.54) is 11.1 Å². The fourth-order valence-electron chi connectivity index (χ4n) is 2.22. The monoisotopic (exact) mass is 324 g/mol. The normalized spacial score (nSPS) is 11.6. The van der Waals surface area contributed by atoms with Gasteiger partial charge in [-0.3, -0.25) is 4.79 Å². The lowest BCUT2D eigenvalue weighted by molar-refractivity contribution is -0.119. The van der Waals surface area contributed by atoms with E-state index in [9.17, 15) is 4.79 Å². The molecule has 118 valence electrons. The van der Waals surface area contributed by atoms with Crippen LogP contribution in [0.5, 0.6) is 0 Å². The molecule has 2 rings (SSSR count). The summed E-state index contributed by atoms with van der Waals surface area (Å²) in [6.45, 7) is 6.05. The fraction of sp³-hybridized carbons (Fsp3) is 0.263. The van der Waals surface area contributed by atoms with E-state index in [1.807, 2.05) is 19.1 Å². The summed E-state index contributed by atoms with van der Waals surface area (Å²) in [5.41, 5.74) is 4.00. The number of nitrogens with one attached hydrogen (secondary N) is 1. The van der Waals surface area contributed by atoms with Crippen LogP contribution >= 0.6 is 11.8 Å². The van der Waals surface area contributed by atoms with Crippen LogP contribution in [0.3, 0.4) is 0 Å². The molecule has 0 aliphatic heterocycles. The van der Waals surface area contributed by atoms with E-state index >= 15 is 0 Å². The highest BCUT2D eigenvalue weighted by atomic mass is 32.2. The fourth-order valence-corrected chi connectivity index (χ4v) is 3.15. The molecule has 1 amide bonds. The second-order valence-electron chi connectivity index (χ2n) is 5.58. The van der Waals surface area contributed by atoms with Gasteiger partial charge >= 0.3 is 0 Å². The van der Waals surface area contributed by atoms with Crippen molar-refractivity contribution in [1.82, 2.24) is 5.32 Å². The second-order valence-corrected chi connectivity index (χ2v) is 6.60. The molecule has 0 spiro atoms. The number of hydrogen-bond donors (Lipinski definition) is 1. The van der Waals surface area contributed by atoms with Crippen LogP contribution in [0.4, 0.5) is 0 Å². The number of rotatable bonds is 5. The van der Waals surface area contributed by atoms with Gasteiger partial charge in [-0.2, -0.15) is 5.26 Å². The summed E-state index contributed by atoms with van der Waals surface area (Å²) in [4.78, 5) is 13.3. The molecule has 0 bridgehead atoms. The number of nitriles is 1. The van der Waals surface area contributed by atoms with Crippen molar-refractivity contribution in [2.24, 2.45) is 0 Å². The number of hydrogen-bond acceptors (Lipinski definition) is 3. The Morgan fingerprint density at radius 1 is 1.22 bits per heavy atom. The van der Waals surface area contributed by atoms with Crippen LogP contribution in [0.25, 0.3) is 0 Å². The highest BCUT2D eigenvalue weighted by molar-refractivity contribution is 8.00. The number of carbonyl (C=O) groups is 1. The van der Waals surface area contributed by atoms with Crippen LogP contribution < -0.4 is 5.32 Å². The first-order valence-electron chi connectivity index (χ1n) is 7.49. The molecule has 0 heterocycles. The molecule has 23 heavy (non-hydrogen) atoms. The van der Waals surface area contributed by atoms with Crippen LogP contribution in [0.1, 0.15) is 35.2 Å². The molecule has 3 nitrogen and oxygen atoms in total. The first-order valence-corrected chi connectivity index (χ1v) is 8.47. The smallest absolute Gasteiger partial charge is 0.230 e. The minimum atomic E-state index is -0.0746. The van der Waals surface area contributed by atoms with Gasteiger partial charge in [0.05, 0.1) is 23.4 Å². The molecular weight excluding hydrogens is 304 g/mol. The zero-order valence-electron chi connectivity index (χ0n) is 13.6. The predicted octanol–water partition coefficient (Wildman–Crippen LogP) is 4.14. The highest BCUT2D eigenvalue weighted by Crippen LogP contribution is 2.23. The molecule has 1 unspecified atom stereocenters. The lowest BCUT2D eigenvalue weighted by Gasteiger charge is -2.14. The van der Waals surface area contributed by atoms with Gasteiger partial charge in [0.25, 0.3) is 0 Å². The van der Waals surface area contributed by atoms with Gasteiger partial charge in [0.1, 0.15) is 0 Å². The summed E-state index contributed by atoms with van der Waals surface area (Å²) >= 11 is 1.56. The van der Waals surface area contributed by atoms with E-state index in [-0.39, 0.29) is 11.9 Å². The summed E-state index contributed by atoms with van der Waals surface area (Å²) in [7, 11) is 0. The van der Waals surface area contributed by atoms with E-state index in [0.717, 1.165) is 10.5 Å². The summed E-state index contributed by atoms with van der Waals surface area (Å²) in [6.07, 6.45) is 0. The molecule has 0 aliphatic carbocycles. The molecule has 0 aliphatic rings. The summed E-state index contributed by atoms with van der Waals surface area (Å²) in [6, 6.07) is 15.6. The molecule has 0 saturated heterocycles. The van der Waals surface area contributed by atoms with Gasteiger partial charge in [-0.1, -0.05) is 29.8 Å². The molecule has 0 saturated carbocycles. The van der Waals surface area contributed by atoms with Crippen LogP contribution in [0, 0.1) is 25.2 Å². The van der Waals surface area contributed by atoms with Crippen molar-refractivity contribution < 1.29 is 4.79 Å². The van der Waals surface area contributed by atoms with E-state index in [2.05, 4.69) is 43.4 Å². The average molecular weight is 324 g/mol. The van der Waals surface area contributed by atoms with Gasteiger partial charge in [-0.05, 0) is 50.1 Å². The zero-order chi connectivity index (χ0) is 16.8. The third kappa shape index (κ3) is 4.87. The van der Waals surface area contributed by atoms with Gasteiger partial charge in [0.15, 0.2) is 0 Å². The molecule has 2 aromatic carbocycles. The number of aryl methyl sites for hydroxylation is 2. The third-order valence-corrected chi connectivity index (χ3v) is 4.78. The van der Waals surface area contributed by atoms with Crippen molar-refractivity contribution in [2.45, 2.75) is 31.7 Å². The molecule has 4 heteroatoms. The third-order valence-electron chi connectivity index (χ3n) is 3.62. The topological polar surface area (TPSA) is 52.9 Å². The van der Waals surface area contributed by atoms with Crippen LogP contribution in [-0.4, -0.2) is 11.7 Å². The van der Waals surface area contributed by atoms with Gasteiger partial charge in [-0.15, -0.1) is 11.8 Å². The molecule has 1 N–H and O–H groups in total. The highest BCUT2D eigenvalue weighted by Gasteiger charge is 2.10. The van der Waals surface area contributed by atoms with Crippen molar-refractivity contribution >= 4 is 17.7 Å². The van der Waals surface area contributed by atoms with Crippen LogP contribution in [0.15, 0.2) is 47.4 Å².